The van der Waals surface area contributed by atoms with Gasteiger partial charge in [-0.25, -0.2) is 4.79 Å². The number of halogens is 4. The van der Waals surface area contributed by atoms with Crippen LogP contribution in [-0.4, -0.2) is 19.0 Å². The minimum absolute atomic E-state index is 0.137. The first-order valence-corrected chi connectivity index (χ1v) is 12.2. The van der Waals surface area contributed by atoms with Crippen molar-refractivity contribution in [2.24, 2.45) is 0 Å². The van der Waals surface area contributed by atoms with Crippen molar-refractivity contribution in [1.29, 1.82) is 5.26 Å². The number of nitrogens with zero attached hydrogens (tertiary/aromatic N) is 1. The Hall–Kier alpha value is -2.83. The zero-order valence-electron chi connectivity index (χ0n) is 18.1. The zero-order chi connectivity index (χ0) is 25.5. The molecule has 3 rings (SSSR count). The van der Waals surface area contributed by atoms with Gasteiger partial charge in [-0.2, -0.15) is 5.26 Å². The number of benzene rings is 3. The van der Waals surface area contributed by atoms with Crippen molar-refractivity contribution in [2.45, 2.75) is 6.61 Å². The van der Waals surface area contributed by atoms with Crippen molar-refractivity contribution in [3.8, 4) is 11.8 Å². The Balaban J connectivity index is 1.86. The molecule has 0 fully saturated rings. The molecule has 3 aromatic rings. The highest BCUT2D eigenvalue weighted by molar-refractivity contribution is 9.11. The average molecular weight is 639 g/mol. The van der Waals surface area contributed by atoms with Gasteiger partial charge in [0, 0.05) is 31.3 Å². The van der Waals surface area contributed by atoms with E-state index in [0.717, 1.165) is 5.56 Å². The zero-order valence-corrected chi connectivity index (χ0v) is 22.8. The van der Waals surface area contributed by atoms with Crippen LogP contribution in [0.1, 0.15) is 21.5 Å². The maximum atomic E-state index is 12.8. The predicted molar refractivity (Wildman–Crippen MR) is 143 cm³/mol. The van der Waals surface area contributed by atoms with E-state index in [1.807, 2.05) is 6.07 Å². The summed E-state index contributed by atoms with van der Waals surface area (Å²) in [5, 5.41) is 13.3. The lowest BCUT2D eigenvalue weighted by atomic mass is 10.1. The molecule has 0 unspecified atom stereocenters. The van der Waals surface area contributed by atoms with Gasteiger partial charge in [0.05, 0.1) is 17.1 Å². The summed E-state index contributed by atoms with van der Waals surface area (Å²) in [6, 6.07) is 16.6. The number of carbonyl (C=O) groups excluding carboxylic acids is 2. The molecule has 1 N–H and O–H groups in total. The maximum Gasteiger partial charge on any atom is 0.337 e. The number of nitriles is 1. The number of hydrogen-bond donors (Lipinski definition) is 1. The molecule has 0 aliphatic carbocycles. The molecule has 0 aliphatic rings. The van der Waals surface area contributed by atoms with Gasteiger partial charge in [-0.1, -0.05) is 45.2 Å². The summed E-state index contributed by atoms with van der Waals surface area (Å²) >= 11 is 19.1. The van der Waals surface area contributed by atoms with Gasteiger partial charge in [-0.3, -0.25) is 4.79 Å². The van der Waals surface area contributed by atoms with Crippen LogP contribution in [0.25, 0.3) is 6.08 Å². The van der Waals surface area contributed by atoms with E-state index in [2.05, 4.69) is 41.9 Å². The highest BCUT2D eigenvalue weighted by atomic mass is 79.9. The highest BCUT2D eigenvalue weighted by Crippen LogP contribution is 2.35. The van der Waals surface area contributed by atoms with E-state index in [1.165, 1.54) is 25.3 Å². The second-order valence-corrected chi connectivity index (χ2v) is 9.64. The van der Waals surface area contributed by atoms with Crippen molar-refractivity contribution in [3.05, 3.63) is 95.9 Å². The Kier molecular flexibility index (Phi) is 9.35. The summed E-state index contributed by atoms with van der Waals surface area (Å²) < 4.78 is 12.0. The standard InChI is InChI=1S/C25H16Br2Cl2N2O4/c1-34-25(33)14-3-6-20(7-4-14)31-24(32)17(12-30)8-16-9-18(26)10-21(27)23(16)35-13-15-2-5-19(28)11-22(15)29/h2-11H,13H2,1H3,(H,31,32)/b17-8+. The topological polar surface area (TPSA) is 88.4 Å². The third-order valence-corrected chi connectivity index (χ3v) is 6.29. The van der Waals surface area contributed by atoms with Crippen LogP contribution in [0.15, 0.2) is 69.1 Å². The molecule has 3 aromatic carbocycles. The molecule has 0 aliphatic heterocycles. The Morgan fingerprint density at radius 2 is 1.80 bits per heavy atom. The van der Waals surface area contributed by atoms with Crippen LogP contribution in [0.5, 0.6) is 5.75 Å². The van der Waals surface area contributed by atoms with Crippen molar-refractivity contribution >= 4 is 78.7 Å². The summed E-state index contributed by atoms with van der Waals surface area (Å²) in [6.45, 7) is 0.137. The van der Waals surface area contributed by atoms with Crippen molar-refractivity contribution in [3.63, 3.8) is 0 Å². The number of methoxy groups -OCH3 is 1. The number of carbonyl (C=O) groups is 2. The molecule has 10 heteroatoms. The molecule has 35 heavy (non-hydrogen) atoms. The molecular weight excluding hydrogens is 623 g/mol. The lowest BCUT2D eigenvalue weighted by Gasteiger charge is -2.14. The lowest BCUT2D eigenvalue weighted by molar-refractivity contribution is -0.112. The Morgan fingerprint density at radius 1 is 1.09 bits per heavy atom. The summed E-state index contributed by atoms with van der Waals surface area (Å²) in [4.78, 5) is 24.3. The molecule has 0 saturated heterocycles. The number of ether oxygens (including phenoxy) is 2. The van der Waals surface area contributed by atoms with Crippen LogP contribution in [0.2, 0.25) is 10.0 Å². The first kappa shape index (κ1) is 26.8. The molecule has 0 aromatic heterocycles. The molecule has 0 atom stereocenters. The monoisotopic (exact) mass is 636 g/mol. The summed E-state index contributed by atoms with van der Waals surface area (Å²) in [5.74, 6) is -0.698. The van der Waals surface area contributed by atoms with Gasteiger partial charge in [0.15, 0.2) is 0 Å². The Bertz CT molecular complexity index is 1350. The van der Waals surface area contributed by atoms with E-state index in [-0.39, 0.29) is 12.2 Å². The number of esters is 1. The number of anilines is 1. The molecule has 0 radical (unpaired) electrons. The fourth-order valence-corrected chi connectivity index (χ4v) is 4.77. The first-order chi connectivity index (χ1) is 16.7. The number of amides is 1. The molecule has 0 bridgehead atoms. The quantitative estimate of drug-likeness (QED) is 0.165. The molecule has 6 nitrogen and oxygen atoms in total. The largest absolute Gasteiger partial charge is 0.487 e. The maximum absolute atomic E-state index is 12.8. The summed E-state index contributed by atoms with van der Waals surface area (Å²) in [7, 11) is 1.28. The van der Waals surface area contributed by atoms with Crippen LogP contribution in [-0.2, 0) is 16.1 Å². The van der Waals surface area contributed by atoms with E-state index in [4.69, 9.17) is 27.9 Å². The number of rotatable bonds is 7. The lowest BCUT2D eigenvalue weighted by Crippen LogP contribution is -2.13. The fraction of sp³-hybridized carbons (Fsp3) is 0.0800. The number of hydrogen-bond acceptors (Lipinski definition) is 5. The van der Waals surface area contributed by atoms with Gasteiger partial charge in [-0.05, 0) is 70.5 Å². The molecule has 0 saturated carbocycles. The van der Waals surface area contributed by atoms with E-state index < -0.39 is 11.9 Å². The minimum atomic E-state index is -0.624. The normalized spacial score (nSPS) is 10.9. The second kappa shape index (κ2) is 12.2. The van der Waals surface area contributed by atoms with Crippen molar-refractivity contribution < 1.29 is 19.1 Å². The van der Waals surface area contributed by atoms with E-state index in [0.29, 0.717) is 41.6 Å². The summed E-state index contributed by atoms with van der Waals surface area (Å²) in [5.41, 5.74) is 1.80. The minimum Gasteiger partial charge on any atom is -0.487 e. The first-order valence-electron chi connectivity index (χ1n) is 9.89. The molecule has 0 heterocycles. The third kappa shape index (κ3) is 7.09. The second-order valence-electron chi connectivity index (χ2n) is 7.02. The van der Waals surface area contributed by atoms with Crippen LogP contribution < -0.4 is 10.1 Å². The average Bonchev–Trinajstić information content (AvgIpc) is 2.82. The van der Waals surface area contributed by atoms with Gasteiger partial charge in [-0.15, -0.1) is 0 Å². The number of nitrogens with one attached hydrogen (secondary N) is 1. The fourth-order valence-electron chi connectivity index (χ4n) is 2.94. The van der Waals surface area contributed by atoms with Crippen molar-refractivity contribution in [2.75, 3.05) is 12.4 Å². The van der Waals surface area contributed by atoms with Crippen molar-refractivity contribution in [1.82, 2.24) is 0 Å². The molecular formula is C25H16Br2Cl2N2O4. The van der Waals surface area contributed by atoms with Crippen LogP contribution in [0, 0.1) is 11.3 Å². The van der Waals surface area contributed by atoms with Gasteiger partial charge >= 0.3 is 5.97 Å². The van der Waals surface area contributed by atoms with E-state index in [9.17, 15) is 14.9 Å². The highest BCUT2D eigenvalue weighted by Gasteiger charge is 2.15. The van der Waals surface area contributed by atoms with Gasteiger partial charge < -0.3 is 14.8 Å². The van der Waals surface area contributed by atoms with Crippen LogP contribution >= 0.6 is 55.1 Å². The van der Waals surface area contributed by atoms with E-state index in [1.54, 1.807) is 42.5 Å². The Labute approximate surface area is 228 Å². The van der Waals surface area contributed by atoms with Crippen LogP contribution in [0.3, 0.4) is 0 Å². The molecule has 1 amide bonds. The molecule has 178 valence electrons. The SMILES string of the molecule is COC(=O)c1ccc(NC(=O)/C(C#N)=C/c2cc(Br)cc(Br)c2OCc2ccc(Cl)cc2Cl)cc1. The molecule has 0 spiro atoms. The van der Waals surface area contributed by atoms with Gasteiger partial charge in [0.1, 0.15) is 24.0 Å². The predicted octanol–water partition coefficient (Wildman–Crippen LogP) is 7.43. The smallest absolute Gasteiger partial charge is 0.337 e. The summed E-state index contributed by atoms with van der Waals surface area (Å²) in [6.07, 6.45) is 1.42. The van der Waals surface area contributed by atoms with Gasteiger partial charge in [0.2, 0.25) is 0 Å². The third-order valence-electron chi connectivity index (χ3n) is 4.65. The Morgan fingerprint density at radius 3 is 2.43 bits per heavy atom. The van der Waals surface area contributed by atoms with Gasteiger partial charge in [0.25, 0.3) is 5.91 Å². The van der Waals surface area contributed by atoms with Crippen LogP contribution in [0.4, 0.5) is 5.69 Å². The van der Waals surface area contributed by atoms with E-state index >= 15 is 0 Å².